The van der Waals surface area contributed by atoms with Crippen LogP contribution < -0.4 is 28.3 Å². The minimum Gasteiger partial charge on any atom is -0.448 e. The highest BCUT2D eigenvalue weighted by Gasteiger charge is 2.19. The van der Waals surface area contributed by atoms with Gasteiger partial charge in [0.2, 0.25) is 5.91 Å². The van der Waals surface area contributed by atoms with Crippen molar-refractivity contribution in [3.63, 3.8) is 0 Å². The van der Waals surface area contributed by atoms with Gasteiger partial charge < -0.3 is 37.7 Å². The molecule has 0 saturated heterocycles. The van der Waals surface area contributed by atoms with Gasteiger partial charge in [0.05, 0.1) is 6.54 Å². The normalized spacial score (nSPS) is 11.5. The van der Waals surface area contributed by atoms with Crippen LogP contribution in [0.4, 0.5) is 9.59 Å². The number of ether oxygens (including phenoxy) is 2. The van der Waals surface area contributed by atoms with Gasteiger partial charge >= 0.3 is 12.2 Å². The van der Waals surface area contributed by atoms with Crippen LogP contribution in [0, 0.1) is 0 Å². The Balaban J connectivity index is 4.35. The van der Waals surface area contributed by atoms with Crippen molar-refractivity contribution in [2.24, 2.45) is 22.9 Å². The quantitative estimate of drug-likeness (QED) is 0.216. The molecule has 0 aliphatic rings. The molecule has 3 amide bonds. The fraction of sp³-hybridized carbons (Fsp3) is 0.812. The lowest BCUT2D eigenvalue weighted by Gasteiger charge is -2.22. The van der Waals surface area contributed by atoms with Crippen LogP contribution in [-0.4, -0.2) is 75.0 Å². The fourth-order valence-corrected chi connectivity index (χ4v) is 2.16. The Kier molecular flexibility index (Phi) is 14.8. The number of nitrogens with zero attached hydrogens (tertiary/aromatic N) is 1. The maximum Gasteiger partial charge on any atom is 0.410 e. The van der Waals surface area contributed by atoms with Crippen molar-refractivity contribution in [2.45, 2.75) is 38.1 Å². The molecule has 0 spiro atoms. The molecule has 11 heteroatoms. The van der Waals surface area contributed by atoms with Gasteiger partial charge in [-0.3, -0.25) is 9.69 Å². The van der Waals surface area contributed by atoms with Crippen LogP contribution in [0.25, 0.3) is 0 Å². The molecule has 0 fully saturated rings. The summed E-state index contributed by atoms with van der Waals surface area (Å²) in [6.45, 7) is 1.37. The smallest absolute Gasteiger partial charge is 0.410 e. The van der Waals surface area contributed by atoms with Crippen molar-refractivity contribution in [1.29, 1.82) is 0 Å². The number of primary amides is 1. The van der Waals surface area contributed by atoms with Gasteiger partial charge in [-0.05, 0) is 38.8 Å². The number of rotatable bonds is 15. The highest BCUT2D eigenvalue weighted by atomic mass is 16.6. The van der Waals surface area contributed by atoms with E-state index in [1.165, 1.54) is 4.90 Å². The average molecular weight is 390 g/mol. The molecule has 0 saturated carbocycles. The van der Waals surface area contributed by atoms with Crippen LogP contribution in [0.5, 0.6) is 0 Å². The summed E-state index contributed by atoms with van der Waals surface area (Å²) in [6, 6.07) is -0.272. The SMILES string of the molecule is NCCCCC(N)COC(=O)N(CCCCN)CC(=O)NCCOC(N)=O. The molecular weight excluding hydrogens is 356 g/mol. The number of hydrogen-bond donors (Lipinski definition) is 5. The van der Waals surface area contributed by atoms with E-state index in [1.807, 2.05) is 0 Å². The first-order valence-electron chi connectivity index (χ1n) is 9.17. The number of carbonyl (C=O) groups is 3. The molecule has 0 rings (SSSR count). The number of unbranched alkanes of at least 4 members (excludes halogenated alkanes) is 2. The first-order valence-corrected chi connectivity index (χ1v) is 9.17. The summed E-state index contributed by atoms with van der Waals surface area (Å²) in [5.74, 6) is -0.403. The lowest BCUT2D eigenvalue weighted by atomic mass is 10.1. The van der Waals surface area contributed by atoms with E-state index in [4.69, 9.17) is 27.7 Å². The van der Waals surface area contributed by atoms with E-state index in [1.54, 1.807) is 0 Å². The summed E-state index contributed by atoms with van der Waals surface area (Å²) in [7, 11) is 0. The number of carbonyl (C=O) groups excluding carboxylic acids is 3. The second-order valence-corrected chi connectivity index (χ2v) is 6.06. The number of amides is 3. The lowest BCUT2D eigenvalue weighted by Crippen LogP contribution is -2.43. The van der Waals surface area contributed by atoms with Crippen molar-refractivity contribution in [3.8, 4) is 0 Å². The molecule has 0 aliphatic heterocycles. The van der Waals surface area contributed by atoms with E-state index >= 15 is 0 Å². The van der Waals surface area contributed by atoms with Crippen molar-refractivity contribution in [2.75, 3.05) is 45.9 Å². The third-order valence-electron chi connectivity index (χ3n) is 3.59. The molecule has 9 N–H and O–H groups in total. The van der Waals surface area contributed by atoms with Crippen LogP contribution in [0.3, 0.4) is 0 Å². The largest absolute Gasteiger partial charge is 0.448 e. The Hall–Kier alpha value is -2.11. The van der Waals surface area contributed by atoms with E-state index in [0.29, 0.717) is 32.5 Å². The first-order chi connectivity index (χ1) is 12.9. The Labute approximate surface area is 160 Å². The second-order valence-electron chi connectivity index (χ2n) is 6.06. The fourth-order valence-electron chi connectivity index (χ4n) is 2.16. The summed E-state index contributed by atoms with van der Waals surface area (Å²) >= 11 is 0. The molecule has 1 atom stereocenters. The lowest BCUT2D eigenvalue weighted by molar-refractivity contribution is -0.122. The molecule has 0 bridgehead atoms. The Morgan fingerprint density at radius 1 is 1.00 bits per heavy atom. The predicted octanol–water partition coefficient (Wildman–Crippen LogP) is -1.17. The van der Waals surface area contributed by atoms with Gasteiger partial charge in [0.1, 0.15) is 19.8 Å². The molecule has 0 radical (unpaired) electrons. The van der Waals surface area contributed by atoms with Crippen LogP contribution in [0.15, 0.2) is 0 Å². The van der Waals surface area contributed by atoms with Crippen molar-refractivity contribution < 1.29 is 23.9 Å². The highest BCUT2D eigenvalue weighted by Crippen LogP contribution is 2.02. The maximum absolute atomic E-state index is 12.3. The molecular formula is C16H34N6O5. The minimum absolute atomic E-state index is 0.0453. The molecule has 0 aliphatic carbocycles. The highest BCUT2D eigenvalue weighted by molar-refractivity contribution is 5.82. The summed E-state index contributed by atoms with van der Waals surface area (Å²) in [6.07, 6.45) is 2.28. The van der Waals surface area contributed by atoms with E-state index in [-0.39, 0.29) is 32.3 Å². The van der Waals surface area contributed by atoms with Crippen LogP contribution in [-0.2, 0) is 14.3 Å². The van der Waals surface area contributed by atoms with E-state index in [2.05, 4.69) is 10.1 Å². The molecule has 0 aromatic heterocycles. The van der Waals surface area contributed by atoms with Gasteiger partial charge in [-0.2, -0.15) is 0 Å². The average Bonchev–Trinajstić information content (AvgIpc) is 2.62. The molecule has 0 heterocycles. The second kappa shape index (κ2) is 16.1. The van der Waals surface area contributed by atoms with Crippen molar-refractivity contribution in [3.05, 3.63) is 0 Å². The summed E-state index contributed by atoms with van der Waals surface area (Å²) < 4.78 is 9.73. The van der Waals surface area contributed by atoms with Gasteiger partial charge in [-0.1, -0.05) is 6.42 Å². The summed E-state index contributed by atoms with van der Waals surface area (Å²) in [4.78, 5) is 36.0. The summed E-state index contributed by atoms with van der Waals surface area (Å²) in [5, 5.41) is 2.53. The zero-order valence-corrected chi connectivity index (χ0v) is 15.9. The van der Waals surface area contributed by atoms with Gasteiger partial charge in [0, 0.05) is 12.6 Å². The van der Waals surface area contributed by atoms with E-state index in [0.717, 1.165) is 19.3 Å². The number of nitrogens with one attached hydrogen (secondary N) is 1. The standard InChI is InChI=1S/C16H34N6O5/c17-6-2-1-5-13(19)12-27-16(25)22(9-4-3-7-18)11-14(23)21-8-10-26-15(20)24/h13H,1-12,17-19H2,(H2,20,24)(H,21,23). The number of nitrogens with two attached hydrogens (primary N) is 4. The van der Waals surface area contributed by atoms with Gasteiger partial charge in [0.15, 0.2) is 0 Å². The molecule has 27 heavy (non-hydrogen) atoms. The maximum atomic E-state index is 12.3. The van der Waals surface area contributed by atoms with Gasteiger partial charge in [-0.15, -0.1) is 0 Å². The van der Waals surface area contributed by atoms with Gasteiger partial charge in [-0.25, -0.2) is 9.59 Å². The zero-order chi connectivity index (χ0) is 20.5. The minimum atomic E-state index is -0.918. The zero-order valence-electron chi connectivity index (χ0n) is 15.9. The third kappa shape index (κ3) is 14.7. The topological polar surface area (TPSA) is 189 Å². The monoisotopic (exact) mass is 390 g/mol. The van der Waals surface area contributed by atoms with Crippen molar-refractivity contribution >= 4 is 18.1 Å². The van der Waals surface area contributed by atoms with Crippen LogP contribution >= 0.6 is 0 Å². The molecule has 1 unspecified atom stereocenters. The molecule has 158 valence electrons. The molecule has 0 aromatic carbocycles. The van der Waals surface area contributed by atoms with E-state index in [9.17, 15) is 14.4 Å². The van der Waals surface area contributed by atoms with Crippen molar-refractivity contribution in [1.82, 2.24) is 10.2 Å². The van der Waals surface area contributed by atoms with Crippen LogP contribution in [0.2, 0.25) is 0 Å². The third-order valence-corrected chi connectivity index (χ3v) is 3.59. The van der Waals surface area contributed by atoms with Gasteiger partial charge in [0.25, 0.3) is 0 Å². The molecule has 0 aromatic rings. The predicted molar refractivity (Wildman–Crippen MR) is 101 cm³/mol. The first kappa shape index (κ1) is 24.9. The Morgan fingerprint density at radius 3 is 2.30 bits per heavy atom. The Morgan fingerprint density at radius 2 is 1.67 bits per heavy atom. The number of hydrogen-bond acceptors (Lipinski definition) is 8. The van der Waals surface area contributed by atoms with Crippen LogP contribution in [0.1, 0.15) is 32.1 Å². The Bertz CT molecular complexity index is 438. The van der Waals surface area contributed by atoms with E-state index < -0.39 is 18.1 Å². The molecule has 11 nitrogen and oxygen atoms in total. The summed E-state index contributed by atoms with van der Waals surface area (Å²) in [5.41, 5.74) is 21.6.